The van der Waals surface area contributed by atoms with Crippen LogP contribution < -0.4 is 5.32 Å². The molecule has 134 valence electrons. The third-order valence-electron chi connectivity index (χ3n) is 4.36. The Morgan fingerprint density at radius 2 is 2.04 bits per heavy atom. The van der Waals surface area contributed by atoms with E-state index >= 15 is 0 Å². The lowest BCUT2D eigenvalue weighted by Crippen LogP contribution is -2.28. The van der Waals surface area contributed by atoms with Gasteiger partial charge in [-0.25, -0.2) is 4.79 Å². The standard InChI is InChI=1S/C19H29NO3S/c1-6-23-18(22)14-10-15(12(2)11-19(3,4)5)24-17(14)20-16(21)13-8-7-9-13/h10,12-13H,6-9,11H2,1-5H3,(H,20,21). The molecule has 2 rings (SSSR count). The van der Waals surface area contributed by atoms with Gasteiger partial charge in [0, 0.05) is 10.8 Å². The molecule has 5 heteroatoms. The average Bonchev–Trinajstić information content (AvgIpc) is 2.78. The molecular weight excluding hydrogens is 322 g/mol. The fourth-order valence-corrected chi connectivity index (χ4v) is 4.11. The lowest BCUT2D eigenvalue weighted by molar-refractivity contribution is -0.122. The first-order valence-corrected chi connectivity index (χ1v) is 9.64. The molecule has 0 aliphatic heterocycles. The first kappa shape index (κ1) is 19.0. The van der Waals surface area contributed by atoms with Crippen LogP contribution in [0.15, 0.2) is 6.07 Å². The zero-order chi connectivity index (χ0) is 17.9. The van der Waals surface area contributed by atoms with Crippen molar-refractivity contribution >= 4 is 28.2 Å². The van der Waals surface area contributed by atoms with Crippen LogP contribution in [0, 0.1) is 11.3 Å². The maximum absolute atomic E-state index is 12.3. The zero-order valence-electron chi connectivity index (χ0n) is 15.4. The van der Waals surface area contributed by atoms with E-state index in [2.05, 4.69) is 33.0 Å². The second-order valence-corrected chi connectivity index (χ2v) is 8.98. The van der Waals surface area contributed by atoms with Gasteiger partial charge in [-0.3, -0.25) is 4.79 Å². The topological polar surface area (TPSA) is 55.4 Å². The monoisotopic (exact) mass is 351 g/mol. The molecular formula is C19H29NO3S. The van der Waals surface area contributed by atoms with E-state index in [0.29, 0.717) is 23.1 Å². The Hall–Kier alpha value is -1.36. The van der Waals surface area contributed by atoms with Crippen LogP contribution >= 0.6 is 11.3 Å². The molecule has 1 aromatic heterocycles. The number of hydrogen-bond acceptors (Lipinski definition) is 4. The predicted octanol–water partition coefficient (Wildman–Crippen LogP) is 5.20. The summed E-state index contributed by atoms with van der Waals surface area (Å²) in [4.78, 5) is 25.7. The van der Waals surface area contributed by atoms with Crippen molar-refractivity contribution in [1.82, 2.24) is 0 Å². The van der Waals surface area contributed by atoms with Gasteiger partial charge >= 0.3 is 5.97 Å². The molecule has 1 amide bonds. The second kappa shape index (κ2) is 7.68. The highest BCUT2D eigenvalue weighted by molar-refractivity contribution is 7.16. The summed E-state index contributed by atoms with van der Waals surface area (Å²) in [6.45, 7) is 10.9. The maximum atomic E-state index is 12.3. The van der Waals surface area contributed by atoms with Gasteiger partial charge in [0.1, 0.15) is 5.00 Å². The van der Waals surface area contributed by atoms with Crippen LogP contribution in [0.1, 0.15) is 81.5 Å². The van der Waals surface area contributed by atoms with Crippen molar-refractivity contribution in [2.75, 3.05) is 11.9 Å². The fraction of sp³-hybridized carbons (Fsp3) is 0.684. The lowest BCUT2D eigenvalue weighted by atomic mass is 9.84. The van der Waals surface area contributed by atoms with Gasteiger partial charge in [0.05, 0.1) is 12.2 Å². The Labute approximate surface area is 149 Å². The molecule has 1 aliphatic rings. The van der Waals surface area contributed by atoms with E-state index in [4.69, 9.17) is 4.74 Å². The normalized spacial score (nSPS) is 16.4. The summed E-state index contributed by atoms with van der Waals surface area (Å²) in [5, 5.41) is 3.61. The molecule has 0 spiro atoms. The summed E-state index contributed by atoms with van der Waals surface area (Å²) >= 11 is 1.51. The minimum atomic E-state index is -0.355. The largest absolute Gasteiger partial charge is 0.462 e. The van der Waals surface area contributed by atoms with E-state index < -0.39 is 0 Å². The Balaban J connectivity index is 2.22. The average molecular weight is 352 g/mol. The van der Waals surface area contributed by atoms with E-state index in [-0.39, 0.29) is 23.2 Å². The SMILES string of the molecule is CCOC(=O)c1cc(C(C)CC(C)(C)C)sc1NC(=O)C1CCC1. The van der Waals surface area contributed by atoms with Crippen molar-refractivity contribution in [3.05, 3.63) is 16.5 Å². The molecule has 0 saturated heterocycles. The molecule has 0 radical (unpaired) electrons. The highest BCUT2D eigenvalue weighted by Crippen LogP contribution is 2.39. The molecule has 1 atom stereocenters. The number of esters is 1. The summed E-state index contributed by atoms with van der Waals surface area (Å²) in [7, 11) is 0. The lowest BCUT2D eigenvalue weighted by Gasteiger charge is -2.24. The van der Waals surface area contributed by atoms with E-state index in [1.807, 2.05) is 6.07 Å². The molecule has 0 aromatic carbocycles. The van der Waals surface area contributed by atoms with Gasteiger partial charge < -0.3 is 10.1 Å². The number of hydrogen-bond donors (Lipinski definition) is 1. The number of rotatable bonds is 6. The van der Waals surface area contributed by atoms with Crippen LogP contribution in [0.5, 0.6) is 0 Å². The quantitative estimate of drug-likeness (QED) is 0.716. The highest BCUT2D eigenvalue weighted by atomic mass is 32.1. The van der Waals surface area contributed by atoms with Crippen molar-refractivity contribution in [3.63, 3.8) is 0 Å². The van der Waals surface area contributed by atoms with Crippen molar-refractivity contribution < 1.29 is 14.3 Å². The van der Waals surface area contributed by atoms with E-state index in [0.717, 1.165) is 30.6 Å². The molecule has 1 saturated carbocycles. The Bertz CT molecular complexity index is 596. The van der Waals surface area contributed by atoms with Gasteiger partial charge in [-0.05, 0) is 43.6 Å². The number of amides is 1. The molecule has 4 nitrogen and oxygen atoms in total. The van der Waals surface area contributed by atoms with E-state index in [9.17, 15) is 9.59 Å². The summed E-state index contributed by atoms with van der Waals surface area (Å²) < 4.78 is 5.16. The number of ether oxygens (including phenoxy) is 1. The summed E-state index contributed by atoms with van der Waals surface area (Å²) in [6.07, 6.45) is 4.02. The highest BCUT2D eigenvalue weighted by Gasteiger charge is 2.28. The Morgan fingerprint density at radius 3 is 2.54 bits per heavy atom. The molecule has 1 N–H and O–H groups in total. The number of anilines is 1. The third kappa shape index (κ3) is 4.82. The van der Waals surface area contributed by atoms with Gasteiger partial charge in [-0.15, -0.1) is 11.3 Å². The number of nitrogens with one attached hydrogen (secondary N) is 1. The van der Waals surface area contributed by atoms with Gasteiger partial charge in [0.2, 0.25) is 5.91 Å². The molecule has 1 aromatic rings. The molecule has 0 bridgehead atoms. The van der Waals surface area contributed by atoms with Crippen molar-refractivity contribution in [1.29, 1.82) is 0 Å². The van der Waals surface area contributed by atoms with Gasteiger partial charge in [-0.1, -0.05) is 34.1 Å². The third-order valence-corrected chi connectivity index (χ3v) is 5.65. The molecule has 24 heavy (non-hydrogen) atoms. The number of thiophene rings is 1. The van der Waals surface area contributed by atoms with Crippen molar-refractivity contribution in [2.24, 2.45) is 11.3 Å². The van der Waals surface area contributed by atoms with Crippen molar-refractivity contribution in [2.45, 2.75) is 66.2 Å². The minimum absolute atomic E-state index is 0.0312. The van der Waals surface area contributed by atoms with Crippen LogP contribution in [0.2, 0.25) is 0 Å². The Kier molecular flexibility index (Phi) is 6.07. The first-order chi connectivity index (χ1) is 11.2. The maximum Gasteiger partial charge on any atom is 0.341 e. The molecule has 1 aliphatic carbocycles. The summed E-state index contributed by atoms with van der Waals surface area (Å²) in [5.41, 5.74) is 0.702. The first-order valence-electron chi connectivity index (χ1n) is 8.83. The fourth-order valence-electron chi connectivity index (χ4n) is 3.01. The van der Waals surface area contributed by atoms with Crippen LogP contribution in [0.25, 0.3) is 0 Å². The van der Waals surface area contributed by atoms with E-state index in [1.165, 1.54) is 11.3 Å². The second-order valence-electron chi connectivity index (χ2n) is 7.89. The van der Waals surface area contributed by atoms with Gasteiger partial charge in [0.25, 0.3) is 0 Å². The molecule has 1 unspecified atom stereocenters. The molecule has 1 fully saturated rings. The molecule has 1 heterocycles. The minimum Gasteiger partial charge on any atom is -0.462 e. The predicted molar refractivity (Wildman–Crippen MR) is 98.7 cm³/mol. The summed E-state index contributed by atoms with van der Waals surface area (Å²) in [5.74, 6) is 0.102. The Morgan fingerprint density at radius 1 is 1.38 bits per heavy atom. The van der Waals surface area contributed by atoms with Crippen LogP contribution in [-0.2, 0) is 9.53 Å². The van der Waals surface area contributed by atoms with Crippen LogP contribution in [-0.4, -0.2) is 18.5 Å². The van der Waals surface area contributed by atoms with Gasteiger partial charge in [-0.2, -0.15) is 0 Å². The van der Waals surface area contributed by atoms with E-state index in [1.54, 1.807) is 6.92 Å². The number of carbonyl (C=O) groups excluding carboxylic acids is 2. The number of carbonyl (C=O) groups is 2. The van der Waals surface area contributed by atoms with Gasteiger partial charge in [0.15, 0.2) is 0 Å². The summed E-state index contributed by atoms with van der Waals surface area (Å²) in [6, 6.07) is 1.90. The van der Waals surface area contributed by atoms with Crippen molar-refractivity contribution in [3.8, 4) is 0 Å². The van der Waals surface area contributed by atoms with Crippen LogP contribution in [0.3, 0.4) is 0 Å². The smallest absolute Gasteiger partial charge is 0.341 e. The zero-order valence-corrected chi connectivity index (χ0v) is 16.2. The van der Waals surface area contributed by atoms with Crippen LogP contribution in [0.4, 0.5) is 5.00 Å².